The zero-order valence-electron chi connectivity index (χ0n) is 33.1. The standard InChI is InChI=1S/2C21H25ClFN3O2S2/c2*22-15-8-20(30(27,28)12-21-24-5-6-29-21)16(23)9-18(15)25-17-3-1-2-4-19(17)26-10-13-7-14(13)11-26/h2*5-6,8-9,13-14,17,19,25H,1-4,7,10-12H2/t13?,14?,17?,19-;13?,14?,17-,19-/m01/s1. The van der Waals surface area contributed by atoms with Crippen molar-refractivity contribution < 1.29 is 25.6 Å². The van der Waals surface area contributed by atoms with E-state index >= 15 is 0 Å². The van der Waals surface area contributed by atoms with E-state index in [1.165, 1.54) is 111 Å². The number of rotatable bonds is 12. The number of fused-ring (bicyclic) bond motifs is 2. The molecule has 10 nitrogen and oxygen atoms in total. The Kier molecular flexibility index (Phi) is 12.6. The number of nitrogens with one attached hydrogen (secondary N) is 2. The first-order chi connectivity index (χ1) is 28.8. The number of nitrogens with zero attached hydrogens (tertiary/aromatic N) is 4. The lowest BCUT2D eigenvalue weighted by Crippen LogP contribution is -2.48. The Morgan fingerprint density at radius 3 is 1.37 bits per heavy atom. The van der Waals surface area contributed by atoms with Gasteiger partial charge in [-0.1, -0.05) is 48.9 Å². The molecule has 0 bridgehead atoms. The zero-order chi connectivity index (χ0) is 41.8. The Morgan fingerprint density at radius 1 is 0.617 bits per heavy atom. The highest BCUT2D eigenvalue weighted by Crippen LogP contribution is 2.48. The lowest BCUT2D eigenvalue weighted by Gasteiger charge is -2.39. The maximum atomic E-state index is 14.9. The van der Waals surface area contributed by atoms with E-state index in [-0.39, 0.29) is 43.4 Å². The fourth-order valence-corrected chi connectivity index (χ4v) is 15.4. The Balaban J connectivity index is 0.000000154. The van der Waals surface area contributed by atoms with Crippen molar-refractivity contribution >= 4 is 76.9 Å². The molecule has 6 aliphatic rings. The molecule has 2 saturated heterocycles. The largest absolute Gasteiger partial charge is 0.379 e. The van der Waals surface area contributed by atoms with E-state index in [4.69, 9.17) is 23.2 Å². The summed E-state index contributed by atoms with van der Waals surface area (Å²) in [6, 6.07) is 6.22. The molecular weight excluding hydrogens is 890 g/mol. The summed E-state index contributed by atoms with van der Waals surface area (Å²) in [7, 11) is -7.72. The first kappa shape index (κ1) is 42.8. The van der Waals surface area contributed by atoms with Gasteiger partial charge >= 0.3 is 0 Å². The molecule has 5 unspecified atom stereocenters. The lowest BCUT2D eigenvalue weighted by atomic mass is 9.89. The summed E-state index contributed by atoms with van der Waals surface area (Å²) < 4.78 is 80.4. The minimum Gasteiger partial charge on any atom is -0.379 e. The number of halogens is 4. The summed E-state index contributed by atoms with van der Waals surface area (Å²) >= 11 is 15.3. The second-order valence-corrected chi connectivity index (χ2v) is 24.2. The molecule has 4 aromatic rings. The van der Waals surface area contributed by atoms with Gasteiger partial charge in [0.1, 0.15) is 42.9 Å². The summed E-state index contributed by atoms with van der Waals surface area (Å²) in [6.07, 6.45) is 14.8. The maximum absolute atomic E-state index is 14.9. The van der Waals surface area contributed by atoms with Gasteiger partial charge in [0, 0.05) is 73.5 Å². The van der Waals surface area contributed by atoms with Crippen LogP contribution in [0.3, 0.4) is 0 Å². The van der Waals surface area contributed by atoms with Gasteiger partial charge in [0.25, 0.3) is 0 Å². The highest BCUT2D eigenvalue weighted by atomic mass is 35.5. The summed E-state index contributed by atoms with van der Waals surface area (Å²) in [5.41, 5.74) is 0.951. The van der Waals surface area contributed by atoms with Crippen LogP contribution in [0.15, 0.2) is 57.2 Å². The van der Waals surface area contributed by atoms with Crippen molar-refractivity contribution in [3.05, 3.63) is 79.1 Å². The Morgan fingerprint density at radius 2 is 1.00 bits per heavy atom. The van der Waals surface area contributed by atoms with Crippen LogP contribution in [-0.4, -0.2) is 86.9 Å². The number of benzene rings is 2. The normalized spacial score (nSPS) is 29.0. The summed E-state index contributed by atoms with van der Waals surface area (Å²) in [5.74, 6) is 1.29. The fourth-order valence-electron chi connectivity index (χ4n) is 10.1. The fraction of sp³-hybridized carbons (Fsp3) is 0.571. The molecule has 0 radical (unpaired) electrons. The van der Waals surface area contributed by atoms with E-state index in [1.807, 2.05) is 0 Å². The van der Waals surface area contributed by atoms with Gasteiger partial charge in [0.15, 0.2) is 19.7 Å². The first-order valence-corrected chi connectivity index (χ1v) is 26.8. The number of hydrogen-bond donors (Lipinski definition) is 2. The third-order valence-electron chi connectivity index (χ3n) is 13.4. The van der Waals surface area contributed by atoms with Crippen molar-refractivity contribution in [1.29, 1.82) is 0 Å². The van der Waals surface area contributed by atoms with Crippen LogP contribution in [0.1, 0.15) is 74.2 Å². The maximum Gasteiger partial charge on any atom is 0.187 e. The molecule has 4 saturated carbocycles. The molecule has 60 heavy (non-hydrogen) atoms. The molecule has 4 heterocycles. The van der Waals surface area contributed by atoms with Gasteiger partial charge in [-0.15, -0.1) is 22.7 Å². The van der Waals surface area contributed by atoms with E-state index in [0.717, 1.165) is 62.2 Å². The van der Waals surface area contributed by atoms with Crippen LogP contribution in [0.4, 0.5) is 20.2 Å². The van der Waals surface area contributed by atoms with Gasteiger partial charge in [-0.3, -0.25) is 9.80 Å². The molecule has 18 heteroatoms. The molecule has 6 fully saturated rings. The van der Waals surface area contributed by atoms with Crippen molar-refractivity contribution in [2.24, 2.45) is 23.7 Å². The predicted molar refractivity (Wildman–Crippen MR) is 235 cm³/mol. The second-order valence-electron chi connectivity index (χ2n) is 17.5. The van der Waals surface area contributed by atoms with Crippen molar-refractivity contribution in [3.63, 3.8) is 0 Å². The molecule has 10 rings (SSSR count). The number of thiazole rings is 2. The van der Waals surface area contributed by atoms with Crippen LogP contribution in [0.2, 0.25) is 10.0 Å². The van der Waals surface area contributed by atoms with Crippen LogP contribution in [-0.2, 0) is 31.2 Å². The lowest BCUT2D eigenvalue weighted by molar-refractivity contribution is 0.161. The van der Waals surface area contributed by atoms with E-state index in [1.54, 1.807) is 10.8 Å². The van der Waals surface area contributed by atoms with Crippen molar-refractivity contribution in [2.75, 3.05) is 36.8 Å². The van der Waals surface area contributed by atoms with Crippen LogP contribution >= 0.6 is 45.9 Å². The minimum atomic E-state index is -3.86. The molecule has 2 N–H and O–H groups in total. The van der Waals surface area contributed by atoms with Crippen molar-refractivity contribution in [1.82, 2.24) is 19.8 Å². The highest BCUT2D eigenvalue weighted by Gasteiger charge is 2.49. The number of sulfone groups is 2. The van der Waals surface area contributed by atoms with Crippen LogP contribution in [0, 0.1) is 35.3 Å². The molecule has 4 aliphatic carbocycles. The summed E-state index contributed by atoms with van der Waals surface area (Å²) in [4.78, 5) is 12.4. The Labute approximate surface area is 369 Å². The van der Waals surface area contributed by atoms with Crippen molar-refractivity contribution in [3.8, 4) is 0 Å². The van der Waals surface area contributed by atoms with Crippen LogP contribution < -0.4 is 10.6 Å². The third-order valence-corrected chi connectivity index (χ3v) is 19.2. The monoisotopic (exact) mass is 938 g/mol. The number of hydrogen-bond acceptors (Lipinski definition) is 12. The number of likely N-dealkylation sites (tertiary alicyclic amines) is 2. The van der Waals surface area contributed by atoms with E-state index in [0.29, 0.717) is 33.5 Å². The van der Waals surface area contributed by atoms with Gasteiger partial charge in [0.2, 0.25) is 0 Å². The summed E-state index contributed by atoms with van der Waals surface area (Å²) in [5, 5.41) is 11.6. The number of anilines is 2. The Bertz CT molecular complexity index is 2210. The molecular formula is C42H50Cl2F2N6O4S4. The van der Waals surface area contributed by atoms with Gasteiger partial charge in [0.05, 0.1) is 21.4 Å². The average molecular weight is 940 g/mol. The molecule has 0 spiro atoms. The minimum absolute atomic E-state index is 0.200. The predicted octanol–water partition coefficient (Wildman–Crippen LogP) is 9.17. The summed E-state index contributed by atoms with van der Waals surface area (Å²) in [6.45, 7) is 4.68. The molecule has 2 aromatic carbocycles. The first-order valence-electron chi connectivity index (χ1n) is 21.0. The van der Waals surface area contributed by atoms with E-state index < -0.39 is 31.3 Å². The molecule has 0 amide bonds. The van der Waals surface area contributed by atoms with Crippen molar-refractivity contribution in [2.45, 2.75) is 110 Å². The SMILES string of the molecule is O=S(=O)(Cc1nccs1)c1cc(Cl)c(NC2CCCC[C@@H]2N2CC3CC3C2)cc1F.O=S(=O)(Cc1nccs1)c1cc(Cl)c(N[C@@H]2CCCC[C@H]2N2CC3CC3C2)cc1F. The van der Waals surface area contributed by atoms with Gasteiger partial charge in [-0.25, -0.2) is 35.6 Å². The van der Waals surface area contributed by atoms with Gasteiger partial charge in [-0.2, -0.15) is 0 Å². The quantitative estimate of drug-likeness (QED) is 0.142. The van der Waals surface area contributed by atoms with Crippen LogP contribution in [0.25, 0.3) is 0 Å². The molecule has 8 atom stereocenters. The smallest absolute Gasteiger partial charge is 0.187 e. The third kappa shape index (κ3) is 9.56. The number of aromatic nitrogens is 2. The topological polar surface area (TPSA) is 125 Å². The molecule has 324 valence electrons. The number of piperidine rings is 2. The van der Waals surface area contributed by atoms with Crippen LogP contribution in [0.5, 0.6) is 0 Å². The van der Waals surface area contributed by atoms with E-state index in [2.05, 4.69) is 30.4 Å². The Hall–Kier alpha value is -2.44. The highest BCUT2D eigenvalue weighted by molar-refractivity contribution is 7.91. The zero-order valence-corrected chi connectivity index (χ0v) is 37.9. The van der Waals surface area contributed by atoms with E-state index in [9.17, 15) is 25.6 Å². The molecule has 2 aromatic heterocycles. The molecule has 2 aliphatic heterocycles. The second kappa shape index (κ2) is 17.6. The average Bonchev–Trinajstić information content (AvgIpc) is 3.70. The van der Waals surface area contributed by atoms with Gasteiger partial charge < -0.3 is 10.6 Å². The van der Waals surface area contributed by atoms with Gasteiger partial charge in [-0.05, 0) is 86.5 Å².